The van der Waals surface area contributed by atoms with Gasteiger partial charge in [-0.15, -0.1) is 0 Å². The van der Waals surface area contributed by atoms with Crippen LogP contribution in [0.5, 0.6) is 0 Å². The number of rotatable bonds is 2. The van der Waals surface area contributed by atoms with E-state index in [2.05, 4.69) is 9.88 Å². The Morgan fingerprint density at radius 1 is 1.37 bits per heavy atom. The summed E-state index contributed by atoms with van der Waals surface area (Å²) in [6, 6.07) is 5.80. The smallest absolute Gasteiger partial charge is 0.0755 e. The first-order valence-electron chi connectivity index (χ1n) is 6.38. The average molecular weight is 259 g/mol. The molecular weight excluding hydrogens is 242 g/mol. The molecule has 1 aliphatic heterocycles. The summed E-state index contributed by atoms with van der Waals surface area (Å²) in [5, 5.41) is 11.5. The van der Waals surface area contributed by atoms with E-state index in [9.17, 15) is 5.11 Å². The van der Waals surface area contributed by atoms with Gasteiger partial charge in [-0.05, 0) is 18.2 Å². The van der Waals surface area contributed by atoms with Gasteiger partial charge >= 0.3 is 0 Å². The molecule has 5 nitrogen and oxygen atoms in total. The van der Waals surface area contributed by atoms with E-state index in [4.69, 9.17) is 10.5 Å². The summed E-state index contributed by atoms with van der Waals surface area (Å²) < 4.78 is 5.42. The number of nitrogens with zero attached hydrogens (tertiary/aromatic N) is 2. The van der Waals surface area contributed by atoms with Crippen molar-refractivity contribution in [1.29, 1.82) is 0 Å². The molecule has 3 N–H and O–H groups in total. The maximum absolute atomic E-state index is 9.49. The quantitative estimate of drug-likeness (QED) is 0.788. The number of nitrogens with two attached hydrogens (primary N) is 1. The molecule has 0 radical (unpaired) electrons. The molecule has 0 bridgehead atoms. The third-order valence-corrected chi connectivity index (χ3v) is 3.58. The topological polar surface area (TPSA) is 71.6 Å². The average Bonchev–Trinajstić information content (AvgIpc) is 2.48. The zero-order valence-corrected chi connectivity index (χ0v) is 10.6. The van der Waals surface area contributed by atoms with Crippen molar-refractivity contribution < 1.29 is 9.84 Å². The molecule has 1 unspecified atom stereocenters. The summed E-state index contributed by atoms with van der Waals surface area (Å²) in [4.78, 5) is 6.36. The highest BCUT2D eigenvalue weighted by Gasteiger charge is 2.24. The molecule has 5 heteroatoms. The minimum Gasteiger partial charge on any atom is -0.398 e. The van der Waals surface area contributed by atoms with E-state index in [1.54, 1.807) is 6.20 Å². The lowest BCUT2D eigenvalue weighted by atomic mass is 10.1. The first kappa shape index (κ1) is 12.2. The van der Waals surface area contributed by atoms with Crippen LogP contribution in [0.1, 0.15) is 0 Å². The second-order valence-corrected chi connectivity index (χ2v) is 4.70. The Hall–Kier alpha value is -1.85. The molecular formula is C14H17N3O2. The minimum atomic E-state index is -0.0132. The first-order chi connectivity index (χ1) is 9.31. The van der Waals surface area contributed by atoms with E-state index < -0.39 is 0 Å². The van der Waals surface area contributed by atoms with Crippen molar-refractivity contribution in [3.05, 3.63) is 30.6 Å². The van der Waals surface area contributed by atoms with Gasteiger partial charge in [-0.25, -0.2) is 0 Å². The van der Waals surface area contributed by atoms with Crippen molar-refractivity contribution in [3.8, 4) is 0 Å². The molecule has 1 atom stereocenters. The molecule has 3 rings (SSSR count). The van der Waals surface area contributed by atoms with Gasteiger partial charge in [-0.3, -0.25) is 4.98 Å². The fourth-order valence-electron chi connectivity index (χ4n) is 2.57. The molecule has 100 valence electrons. The van der Waals surface area contributed by atoms with Gasteiger partial charge in [0.2, 0.25) is 0 Å². The summed E-state index contributed by atoms with van der Waals surface area (Å²) in [6.07, 6.45) is 3.57. The largest absolute Gasteiger partial charge is 0.398 e. The summed E-state index contributed by atoms with van der Waals surface area (Å²) >= 11 is 0. The standard InChI is InChI=1S/C14H17N3O2/c15-13-1-2-14(12-7-16-4-3-11(12)13)17-5-6-19-9-10(17)8-18/h1-4,7,10,18H,5-6,8-9,15H2. The number of hydrogen-bond donors (Lipinski definition) is 2. The number of fused-ring (bicyclic) bond motifs is 1. The number of aliphatic hydroxyl groups is 1. The van der Waals surface area contributed by atoms with Crippen molar-refractivity contribution in [2.75, 3.05) is 37.0 Å². The molecule has 1 aliphatic rings. The molecule has 1 aromatic carbocycles. The van der Waals surface area contributed by atoms with Crippen LogP contribution in [0.3, 0.4) is 0 Å². The Morgan fingerprint density at radius 3 is 3.11 bits per heavy atom. The van der Waals surface area contributed by atoms with E-state index >= 15 is 0 Å². The van der Waals surface area contributed by atoms with Crippen molar-refractivity contribution in [2.45, 2.75) is 6.04 Å². The zero-order valence-electron chi connectivity index (χ0n) is 10.6. The second kappa shape index (κ2) is 5.03. The zero-order chi connectivity index (χ0) is 13.2. The van der Waals surface area contributed by atoms with Crippen LogP contribution in [0.4, 0.5) is 11.4 Å². The normalized spacial score (nSPS) is 19.8. The van der Waals surface area contributed by atoms with Gasteiger partial charge in [0.05, 0.1) is 25.9 Å². The summed E-state index contributed by atoms with van der Waals surface area (Å²) in [5.74, 6) is 0. The van der Waals surface area contributed by atoms with E-state index in [1.807, 2.05) is 24.4 Å². The number of anilines is 2. The summed E-state index contributed by atoms with van der Waals surface area (Å²) in [7, 11) is 0. The van der Waals surface area contributed by atoms with E-state index in [-0.39, 0.29) is 12.6 Å². The maximum atomic E-state index is 9.49. The van der Waals surface area contributed by atoms with Crippen LogP contribution >= 0.6 is 0 Å². The molecule has 2 heterocycles. The van der Waals surface area contributed by atoms with Gasteiger partial charge in [-0.1, -0.05) is 0 Å². The predicted molar refractivity (Wildman–Crippen MR) is 75.2 cm³/mol. The Morgan fingerprint density at radius 2 is 2.26 bits per heavy atom. The molecule has 19 heavy (non-hydrogen) atoms. The number of hydrogen-bond acceptors (Lipinski definition) is 5. The number of pyridine rings is 1. The molecule has 1 saturated heterocycles. The molecule has 0 spiro atoms. The number of ether oxygens (including phenoxy) is 1. The van der Waals surface area contributed by atoms with Crippen LogP contribution in [-0.2, 0) is 4.74 Å². The molecule has 1 aromatic heterocycles. The van der Waals surface area contributed by atoms with Crippen molar-refractivity contribution >= 4 is 22.1 Å². The maximum Gasteiger partial charge on any atom is 0.0755 e. The summed E-state index contributed by atoms with van der Waals surface area (Å²) in [5.41, 5.74) is 7.80. The predicted octanol–water partition coefficient (Wildman–Crippen LogP) is 1.01. The lowest BCUT2D eigenvalue weighted by Crippen LogP contribution is -2.47. The second-order valence-electron chi connectivity index (χ2n) is 4.70. The highest BCUT2D eigenvalue weighted by Crippen LogP contribution is 2.31. The Kier molecular flexibility index (Phi) is 3.23. The molecule has 2 aromatic rings. The number of benzene rings is 1. The van der Waals surface area contributed by atoms with Crippen LogP contribution in [0.2, 0.25) is 0 Å². The third-order valence-electron chi connectivity index (χ3n) is 3.58. The van der Waals surface area contributed by atoms with Gasteiger partial charge in [0.1, 0.15) is 0 Å². The van der Waals surface area contributed by atoms with Gasteiger partial charge in [0.15, 0.2) is 0 Å². The van der Waals surface area contributed by atoms with E-state index in [1.165, 1.54) is 0 Å². The van der Waals surface area contributed by atoms with E-state index in [0.717, 1.165) is 28.7 Å². The Balaban J connectivity index is 2.11. The van der Waals surface area contributed by atoms with E-state index in [0.29, 0.717) is 13.2 Å². The van der Waals surface area contributed by atoms with Crippen molar-refractivity contribution in [3.63, 3.8) is 0 Å². The fraction of sp³-hybridized carbons (Fsp3) is 0.357. The van der Waals surface area contributed by atoms with Crippen LogP contribution in [0.25, 0.3) is 10.8 Å². The van der Waals surface area contributed by atoms with Crippen LogP contribution < -0.4 is 10.6 Å². The van der Waals surface area contributed by atoms with Gasteiger partial charge in [0.25, 0.3) is 0 Å². The highest BCUT2D eigenvalue weighted by molar-refractivity contribution is 6.00. The lowest BCUT2D eigenvalue weighted by molar-refractivity contribution is 0.0728. The van der Waals surface area contributed by atoms with Crippen molar-refractivity contribution in [1.82, 2.24) is 4.98 Å². The minimum absolute atomic E-state index is 0.0132. The number of aliphatic hydroxyl groups excluding tert-OH is 1. The Labute approximate surface area is 111 Å². The molecule has 0 aliphatic carbocycles. The highest BCUT2D eigenvalue weighted by atomic mass is 16.5. The lowest BCUT2D eigenvalue weighted by Gasteiger charge is -2.37. The molecule has 0 amide bonds. The third kappa shape index (κ3) is 2.11. The van der Waals surface area contributed by atoms with Crippen LogP contribution in [0, 0.1) is 0 Å². The fourth-order valence-corrected chi connectivity index (χ4v) is 2.57. The van der Waals surface area contributed by atoms with Crippen molar-refractivity contribution in [2.24, 2.45) is 0 Å². The van der Waals surface area contributed by atoms with Crippen LogP contribution in [0.15, 0.2) is 30.6 Å². The van der Waals surface area contributed by atoms with Gasteiger partial charge < -0.3 is 20.5 Å². The Bertz CT molecular complexity index is 588. The van der Waals surface area contributed by atoms with Gasteiger partial charge in [0, 0.05) is 41.1 Å². The summed E-state index contributed by atoms with van der Waals surface area (Å²) in [6.45, 7) is 2.05. The number of morpholine rings is 1. The monoisotopic (exact) mass is 259 g/mol. The number of aromatic nitrogens is 1. The first-order valence-corrected chi connectivity index (χ1v) is 6.38. The van der Waals surface area contributed by atoms with Gasteiger partial charge in [-0.2, -0.15) is 0 Å². The SMILES string of the molecule is Nc1ccc(N2CCOCC2CO)c2cnccc12. The van der Waals surface area contributed by atoms with Crippen LogP contribution in [-0.4, -0.2) is 42.5 Å². The molecule has 0 saturated carbocycles. The number of nitrogen functional groups attached to an aromatic ring is 1. The molecule has 1 fully saturated rings.